The van der Waals surface area contributed by atoms with Crippen molar-refractivity contribution in [3.63, 3.8) is 0 Å². The lowest BCUT2D eigenvalue weighted by molar-refractivity contribution is 0.800. The van der Waals surface area contributed by atoms with E-state index < -0.39 is 0 Å². The molecule has 0 aliphatic rings. The van der Waals surface area contributed by atoms with Gasteiger partial charge in [-0.2, -0.15) is 0 Å². The van der Waals surface area contributed by atoms with Gasteiger partial charge in [0.05, 0.1) is 16.5 Å². The Balaban J connectivity index is 1.49. The van der Waals surface area contributed by atoms with E-state index in [9.17, 15) is 4.79 Å². The molecule has 1 unspecified atom stereocenters. The molecular formula is C47H34INO2. The average Bonchev–Trinajstić information content (AvgIpc) is 3.63. The van der Waals surface area contributed by atoms with Crippen molar-refractivity contribution in [1.82, 2.24) is 4.57 Å². The van der Waals surface area contributed by atoms with Crippen LogP contribution in [0.3, 0.4) is 0 Å². The number of aryl methyl sites for hydroxylation is 3. The average molecular weight is 772 g/mol. The molecule has 246 valence electrons. The Labute approximate surface area is 308 Å². The molecule has 3 nitrogen and oxygen atoms in total. The van der Waals surface area contributed by atoms with Gasteiger partial charge in [-0.05, 0) is 138 Å². The van der Waals surface area contributed by atoms with Crippen molar-refractivity contribution in [2.45, 2.75) is 44.5 Å². The second-order valence-corrected chi connectivity index (χ2v) is 15.9. The molecule has 0 bridgehead atoms. The van der Waals surface area contributed by atoms with E-state index >= 15 is 4.79 Å². The Kier molecular flexibility index (Phi) is 6.61. The second kappa shape index (κ2) is 11.0. The van der Waals surface area contributed by atoms with Crippen LogP contribution in [0.1, 0.15) is 45.9 Å². The molecule has 51 heavy (non-hydrogen) atoms. The molecule has 1 heterocycles. The summed E-state index contributed by atoms with van der Waals surface area (Å²) in [6.45, 7) is 8.40. The molecule has 0 saturated heterocycles. The SMILES string of the molecule is CCCC(I)c1ccccc1-c1cc2c3c(=O)n(-c4ccc(C)cc4C)c(=O)c3c3cc(-c4ccccc4C)c4ccc5ccc1c1c5c4c3c21. The van der Waals surface area contributed by atoms with Crippen LogP contribution >= 0.6 is 22.6 Å². The zero-order valence-electron chi connectivity index (χ0n) is 28.9. The lowest BCUT2D eigenvalue weighted by Gasteiger charge is -2.18. The first-order valence-corrected chi connectivity index (χ1v) is 19.1. The van der Waals surface area contributed by atoms with Crippen LogP contribution in [0.2, 0.25) is 0 Å². The van der Waals surface area contributed by atoms with E-state index in [1.165, 1.54) is 53.6 Å². The van der Waals surface area contributed by atoms with Crippen LogP contribution in [0, 0.1) is 20.8 Å². The van der Waals surface area contributed by atoms with Crippen molar-refractivity contribution in [3.8, 4) is 27.9 Å². The third-order valence-corrected chi connectivity index (χ3v) is 12.7. The highest BCUT2D eigenvalue weighted by atomic mass is 127. The van der Waals surface area contributed by atoms with Crippen molar-refractivity contribution in [3.05, 3.63) is 146 Å². The van der Waals surface area contributed by atoms with Crippen LogP contribution in [0.4, 0.5) is 0 Å². The lowest BCUT2D eigenvalue weighted by atomic mass is 9.87. The number of hydrogen-bond acceptors (Lipinski definition) is 2. The number of aromatic nitrogens is 1. The van der Waals surface area contributed by atoms with E-state index in [1.807, 2.05) is 32.0 Å². The quantitative estimate of drug-likeness (QED) is 0.0959. The van der Waals surface area contributed by atoms with E-state index in [2.05, 4.69) is 121 Å². The molecular weight excluding hydrogens is 737 g/mol. The number of fused-ring (bicyclic) bond motifs is 3. The van der Waals surface area contributed by atoms with Crippen molar-refractivity contribution >= 4 is 87.2 Å². The van der Waals surface area contributed by atoms with Gasteiger partial charge in [0.2, 0.25) is 0 Å². The first-order chi connectivity index (χ1) is 24.8. The summed E-state index contributed by atoms with van der Waals surface area (Å²) in [6, 6.07) is 36.6. The number of benzene rings is 8. The normalized spacial score (nSPS) is 13.0. The summed E-state index contributed by atoms with van der Waals surface area (Å²) in [7, 11) is 0. The number of halogens is 1. The maximum atomic E-state index is 15.0. The predicted octanol–water partition coefficient (Wildman–Crippen LogP) is 12.4. The Morgan fingerprint density at radius 2 is 1.12 bits per heavy atom. The van der Waals surface area contributed by atoms with Gasteiger partial charge in [-0.25, -0.2) is 4.57 Å². The van der Waals surface area contributed by atoms with E-state index in [-0.39, 0.29) is 11.1 Å². The first-order valence-electron chi connectivity index (χ1n) is 17.8. The molecule has 0 N–H and O–H groups in total. The number of hydrogen-bond donors (Lipinski definition) is 0. The van der Waals surface area contributed by atoms with E-state index in [0.717, 1.165) is 62.2 Å². The third-order valence-electron chi connectivity index (χ3n) is 11.4. The van der Waals surface area contributed by atoms with E-state index in [4.69, 9.17) is 0 Å². The molecule has 0 saturated carbocycles. The summed E-state index contributed by atoms with van der Waals surface area (Å²) >= 11 is 2.59. The molecule has 0 aliphatic heterocycles. The number of rotatable bonds is 6. The lowest BCUT2D eigenvalue weighted by Crippen LogP contribution is -2.24. The molecule has 0 amide bonds. The highest BCUT2D eigenvalue weighted by molar-refractivity contribution is 14.1. The van der Waals surface area contributed by atoms with Gasteiger partial charge < -0.3 is 0 Å². The molecule has 0 fully saturated rings. The van der Waals surface area contributed by atoms with Gasteiger partial charge in [0, 0.05) is 3.92 Å². The van der Waals surface area contributed by atoms with Crippen LogP contribution < -0.4 is 11.1 Å². The van der Waals surface area contributed by atoms with E-state index in [0.29, 0.717) is 20.4 Å². The van der Waals surface area contributed by atoms with Gasteiger partial charge in [-0.15, -0.1) is 0 Å². The number of nitrogens with zero attached hydrogens (tertiary/aromatic N) is 1. The maximum Gasteiger partial charge on any atom is 0.266 e. The molecule has 10 rings (SSSR count). The Bertz CT molecular complexity index is 3140. The Hall–Kier alpha value is -5.07. The summed E-state index contributed by atoms with van der Waals surface area (Å²) < 4.78 is 1.78. The van der Waals surface area contributed by atoms with Gasteiger partial charge in [-0.3, -0.25) is 9.59 Å². The first kappa shape index (κ1) is 30.7. The second-order valence-electron chi connectivity index (χ2n) is 14.4. The zero-order chi connectivity index (χ0) is 34.9. The summed E-state index contributed by atoms with van der Waals surface area (Å²) in [5.74, 6) is 0. The maximum absolute atomic E-state index is 15.0. The van der Waals surface area contributed by atoms with Crippen molar-refractivity contribution in [1.29, 1.82) is 0 Å². The summed E-state index contributed by atoms with van der Waals surface area (Å²) in [5, 5.41) is 12.1. The predicted molar refractivity (Wildman–Crippen MR) is 225 cm³/mol. The van der Waals surface area contributed by atoms with Gasteiger partial charge in [0.15, 0.2) is 0 Å². The third kappa shape index (κ3) is 4.05. The Morgan fingerprint density at radius 1 is 0.549 bits per heavy atom. The smallest absolute Gasteiger partial charge is 0.266 e. The standard InChI is InChI=1S/C47H34INO2/c1-5-10-37(48)30-14-9-8-13-29(30)34-23-36-43-41-32(34)19-17-27-16-18-31-33(28-12-7-6-11-25(28)3)22-35(42(43)40(31)39(27)41)44-45(36)47(51)49(46(44)50)38-20-15-24(2)21-26(38)4/h6-9,11-23,37H,5,10H2,1-4H3. The minimum atomic E-state index is -0.251. The van der Waals surface area contributed by atoms with Gasteiger partial charge in [0.1, 0.15) is 0 Å². The molecule has 1 atom stereocenters. The van der Waals surface area contributed by atoms with Gasteiger partial charge >= 0.3 is 0 Å². The van der Waals surface area contributed by atoms with Crippen LogP contribution in [-0.2, 0) is 0 Å². The minimum Gasteiger partial charge on any atom is -0.268 e. The summed E-state index contributed by atoms with van der Waals surface area (Å²) in [5.41, 5.74) is 9.14. The molecule has 0 spiro atoms. The molecule has 0 aliphatic carbocycles. The molecule has 10 aromatic rings. The molecule has 9 aromatic carbocycles. The fraction of sp³-hybridized carbons (Fsp3) is 0.149. The Morgan fingerprint density at radius 3 is 1.73 bits per heavy atom. The van der Waals surface area contributed by atoms with Gasteiger partial charge in [-0.1, -0.05) is 126 Å². The highest BCUT2D eigenvalue weighted by Crippen LogP contribution is 2.54. The van der Waals surface area contributed by atoms with Crippen molar-refractivity contribution in [2.24, 2.45) is 0 Å². The summed E-state index contributed by atoms with van der Waals surface area (Å²) in [6.07, 6.45) is 2.17. The monoisotopic (exact) mass is 771 g/mol. The molecule has 4 heteroatoms. The van der Waals surface area contributed by atoms with Crippen molar-refractivity contribution in [2.75, 3.05) is 0 Å². The number of alkyl halides is 1. The van der Waals surface area contributed by atoms with Gasteiger partial charge in [0.25, 0.3) is 11.1 Å². The van der Waals surface area contributed by atoms with Crippen LogP contribution in [0.15, 0.2) is 113 Å². The summed E-state index contributed by atoms with van der Waals surface area (Å²) in [4.78, 5) is 30.0. The zero-order valence-corrected chi connectivity index (χ0v) is 31.1. The molecule has 1 aromatic heterocycles. The molecule has 0 radical (unpaired) electrons. The topological polar surface area (TPSA) is 39.1 Å². The fourth-order valence-electron chi connectivity index (χ4n) is 9.21. The minimum absolute atomic E-state index is 0.249. The van der Waals surface area contributed by atoms with Crippen molar-refractivity contribution < 1.29 is 0 Å². The largest absolute Gasteiger partial charge is 0.268 e. The fourth-order valence-corrected chi connectivity index (χ4v) is 10.4. The van der Waals surface area contributed by atoms with Crippen LogP contribution in [0.25, 0.3) is 92.6 Å². The van der Waals surface area contributed by atoms with Crippen LogP contribution in [-0.4, -0.2) is 4.57 Å². The van der Waals surface area contributed by atoms with Crippen LogP contribution in [0.5, 0.6) is 0 Å². The highest BCUT2D eigenvalue weighted by Gasteiger charge is 2.30. The van der Waals surface area contributed by atoms with E-state index in [1.54, 1.807) is 0 Å².